The van der Waals surface area contributed by atoms with Gasteiger partial charge in [0.1, 0.15) is 5.82 Å². The third-order valence-corrected chi connectivity index (χ3v) is 4.39. The lowest BCUT2D eigenvalue weighted by atomic mass is 10.1. The van der Waals surface area contributed by atoms with E-state index in [2.05, 4.69) is 15.1 Å². The molecule has 4 rings (SSSR count). The number of carbonyl (C=O) groups excluding carboxylic acids is 1. The van der Waals surface area contributed by atoms with Crippen molar-refractivity contribution in [2.24, 2.45) is 0 Å². The summed E-state index contributed by atoms with van der Waals surface area (Å²) in [5.41, 5.74) is 2.70. The maximum atomic E-state index is 13.2. The average Bonchev–Trinajstić information content (AvgIpc) is 3.09. The molecule has 28 heavy (non-hydrogen) atoms. The average molecular weight is 373 g/mol. The minimum atomic E-state index is -0.238. The molecule has 0 aliphatic rings. The summed E-state index contributed by atoms with van der Waals surface area (Å²) in [6.45, 7) is 3.87. The highest BCUT2D eigenvalue weighted by Crippen LogP contribution is 2.19. The molecule has 0 atom stereocenters. The predicted octanol–water partition coefficient (Wildman–Crippen LogP) is 2.88. The van der Waals surface area contributed by atoms with E-state index in [9.17, 15) is 9.59 Å². The number of fused-ring (bicyclic) bond motifs is 1. The van der Waals surface area contributed by atoms with Crippen LogP contribution in [0.1, 0.15) is 27.4 Å². The number of hydrogen-bond acceptors (Lipinski definition) is 4. The fourth-order valence-corrected chi connectivity index (χ4v) is 3.08. The van der Waals surface area contributed by atoms with Crippen LogP contribution in [0, 0.1) is 13.8 Å². The van der Waals surface area contributed by atoms with E-state index in [0.717, 1.165) is 11.3 Å². The predicted molar refractivity (Wildman–Crippen MR) is 106 cm³/mol. The lowest BCUT2D eigenvalue weighted by molar-refractivity contribution is 0.0984. The summed E-state index contributed by atoms with van der Waals surface area (Å²) in [7, 11) is 0. The van der Waals surface area contributed by atoms with E-state index in [1.807, 2.05) is 55.5 Å². The fraction of sp³-hybridized carbons (Fsp3) is 0.143. The second-order valence-corrected chi connectivity index (χ2v) is 6.64. The first-order valence-electron chi connectivity index (χ1n) is 8.90. The van der Waals surface area contributed by atoms with Crippen LogP contribution in [0.15, 0.2) is 65.5 Å². The number of rotatable bonds is 4. The Morgan fingerprint density at radius 2 is 1.82 bits per heavy atom. The number of aromatic amines is 1. The van der Waals surface area contributed by atoms with E-state index >= 15 is 0 Å². The van der Waals surface area contributed by atoms with Crippen LogP contribution in [0.2, 0.25) is 0 Å². The Balaban J connectivity index is 1.75. The van der Waals surface area contributed by atoms with Crippen LogP contribution in [0.5, 0.6) is 0 Å². The molecule has 0 aliphatic carbocycles. The van der Waals surface area contributed by atoms with Crippen molar-refractivity contribution in [3.63, 3.8) is 0 Å². The van der Waals surface area contributed by atoms with Crippen molar-refractivity contribution in [1.29, 1.82) is 0 Å². The van der Waals surface area contributed by atoms with Crippen LogP contribution in [0.4, 0.5) is 5.69 Å². The van der Waals surface area contributed by atoms with Gasteiger partial charge in [-0.05, 0) is 38.1 Å². The zero-order chi connectivity index (χ0) is 19.7. The molecule has 0 spiro atoms. The summed E-state index contributed by atoms with van der Waals surface area (Å²) in [5.74, 6) is 0.614. The zero-order valence-corrected chi connectivity index (χ0v) is 15.6. The van der Waals surface area contributed by atoms with Crippen molar-refractivity contribution in [2.75, 3.05) is 4.90 Å². The van der Waals surface area contributed by atoms with Crippen LogP contribution < -0.4 is 10.5 Å². The Hall–Kier alpha value is -3.74. The molecular formula is C21H19N5O2. The van der Waals surface area contributed by atoms with Gasteiger partial charge in [0, 0.05) is 23.0 Å². The van der Waals surface area contributed by atoms with E-state index in [4.69, 9.17) is 0 Å². The van der Waals surface area contributed by atoms with E-state index in [-0.39, 0.29) is 23.8 Å². The third kappa shape index (κ3) is 3.42. The zero-order valence-electron chi connectivity index (χ0n) is 15.6. The fourth-order valence-electron chi connectivity index (χ4n) is 3.08. The van der Waals surface area contributed by atoms with Crippen LogP contribution in [0.25, 0.3) is 5.78 Å². The molecule has 0 saturated carbocycles. The number of nitrogens with zero attached hydrogens (tertiary/aromatic N) is 4. The number of anilines is 1. The van der Waals surface area contributed by atoms with Crippen molar-refractivity contribution >= 4 is 17.4 Å². The first kappa shape index (κ1) is 17.7. The monoisotopic (exact) mass is 373 g/mol. The molecule has 0 aliphatic heterocycles. The normalized spacial score (nSPS) is 10.9. The lowest BCUT2D eigenvalue weighted by Gasteiger charge is -2.22. The molecule has 2 aromatic carbocycles. The number of H-pyrrole nitrogens is 1. The summed E-state index contributed by atoms with van der Waals surface area (Å²) < 4.78 is 1.28. The summed E-state index contributed by atoms with van der Waals surface area (Å²) in [5, 5.41) is 2.95. The van der Waals surface area contributed by atoms with E-state index < -0.39 is 0 Å². The molecule has 7 nitrogen and oxygen atoms in total. The molecule has 1 N–H and O–H groups in total. The molecule has 2 heterocycles. The number of benzene rings is 2. The van der Waals surface area contributed by atoms with Gasteiger partial charge in [0.2, 0.25) is 0 Å². The van der Waals surface area contributed by atoms with Gasteiger partial charge in [-0.1, -0.05) is 35.9 Å². The molecule has 1 amide bonds. The number of hydrogen-bond donors (Lipinski definition) is 1. The molecule has 2 aromatic heterocycles. The summed E-state index contributed by atoms with van der Waals surface area (Å²) >= 11 is 0. The van der Waals surface area contributed by atoms with Crippen molar-refractivity contribution in [1.82, 2.24) is 19.6 Å². The molecule has 0 unspecified atom stereocenters. The molecular weight excluding hydrogens is 354 g/mol. The highest BCUT2D eigenvalue weighted by atomic mass is 16.2. The van der Waals surface area contributed by atoms with Gasteiger partial charge in [-0.15, -0.1) is 0 Å². The van der Waals surface area contributed by atoms with Crippen LogP contribution >= 0.6 is 0 Å². The molecule has 0 radical (unpaired) electrons. The standard InChI is InChI=1S/C21H19N5O2/c1-14-7-6-8-16(11-14)20(28)25(17-9-4-3-5-10-17)13-18-23-21-22-15(2)12-19(27)26(21)24-18/h3-12H,13H2,1-2H3,(H,22,23,24). The van der Waals surface area contributed by atoms with Gasteiger partial charge >= 0.3 is 0 Å². The lowest BCUT2D eigenvalue weighted by Crippen LogP contribution is -2.31. The van der Waals surface area contributed by atoms with Crippen molar-refractivity contribution in [3.8, 4) is 0 Å². The molecule has 0 bridgehead atoms. The SMILES string of the molecule is Cc1cccc(C(=O)N(Cc2nc3nc(C)cc(=O)n3[nH]2)c2ccccc2)c1. The van der Waals surface area contributed by atoms with Gasteiger partial charge in [-0.3, -0.25) is 14.7 Å². The largest absolute Gasteiger partial charge is 0.301 e. The Morgan fingerprint density at radius 1 is 1.04 bits per heavy atom. The van der Waals surface area contributed by atoms with Gasteiger partial charge in [0.15, 0.2) is 0 Å². The van der Waals surface area contributed by atoms with Crippen LogP contribution in [0.3, 0.4) is 0 Å². The maximum absolute atomic E-state index is 13.2. The topological polar surface area (TPSA) is 83.4 Å². The molecule has 140 valence electrons. The Labute approximate surface area is 161 Å². The molecule has 4 aromatic rings. The maximum Gasteiger partial charge on any atom is 0.274 e. The number of aromatic nitrogens is 4. The Kier molecular flexibility index (Phi) is 4.49. The summed E-state index contributed by atoms with van der Waals surface area (Å²) in [6.07, 6.45) is 0. The van der Waals surface area contributed by atoms with Gasteiger partial charge in [0.25, 0.3) is 17.2 Å². The first-order valence-corrected chi connectivity index (χ1v) is 8.90. The number of carbonyl (C=O) groups is 1. The minimum absolute atomic E-state index is 0.146. The third-order valence-electron chi connectivity index (χ3n) is 4.39. The van der Waals surface area contributed by atoms with Crippen molar-refractivity contribution < 1.29 is 4.79 Å². The number of para-hydroxylation sites is 1. The quantitative estimate of drug-likeness (QED) is 0.596. The van der Waals surface area contributed by atoms with E-state index in [1.165, 1.54) is 10.6 Å². The highest BCUT2D eigenvalue weighted by molar-refractivity contribution is 6.06. The number of aryl methyl sites for hydroxylation is 2. The second kappa shape index (κ2) is 7.11. The van der Waals surface area contributed by atoms with Gasteiger partial charge in [-0.2, -0.15) is 9.50 Å². The van der Waals surface area contributed by atoms with Gasteiger partial charge < -0.3 is 4.90 Å². The first-order chi connectivity index (χ1) is 13.5. The van der Waals surface area contributed by atoms with Gasteiger partial charge in [0.05, 0.1) is 6.54 Å². The second-order valence-electron chi connectivity index (χ2n) is 6.64. The van der Waals surface area contributed by atoms with Gasteiger partial charge in [-0.25, -0.2) is 4.98 Å². The summed E-state index contributed by atoms with van der Waals surface area (Å²) in [6, 6.07) is 18.3. The minimum Gasteiger partial charge on any atom is -0.301 e. The molecule has 0 saturated heterocycles. The molecule has 0 fully saturated rings. The Morgan fingerprint density at radius 3 is 2.57 bits per heavy atom. The smallest absolute Gasteiger partial charge is 0.274 e. The highest BCUT2D eigenvalue weighted by Gasteiger charge is 2.20. The Bertz CT molecular complexity index is 1210. The molecule has 7 heteroatoms. The van der Waals surface area contributed by atoms with Crippen molar-refractivity contribution in [2.45, 2.75) is 20.4 Å². The summed E-state index contributed by atoms with van der Waals surface area (Å²) in [4.78, 5) is 35.7. The number of amides is 1. The van der Waals surface area contributed by atoms with E-state index in [1.54, 1.807) is 17.9 Å². The van der Waals surface area contributed by atoms with Crippen LogP contribution in [-0.2, 0) is 6.54 Å². The van der Waals surface area contributed by atoms with Crippen LogP contribution in [-0.4, -0.2) is 25.5 Å². The number of nitrogens with one attached hydrogen (secondary N) is 1. The van der Waals surface area contributed by atoms with E-state index in [0.29, 0.717) is 17.1 Å². The van der Waals surface area contributed by atoms with Crippen molar-refractivity contribution in [3.05, 3.63) is 93.7 Å².